The van der Waals surface area contributed by atoms with Gasteiger partial charge in [0.1, 0.15) is 6.04 Å². The fourth-order valence-electron chi connectivity index (χ4n) is 3.14. The molecule has 0 unspecified atom stereocenters. The first-order chi connectivity index (χ1) is 13.5. The van der Waals surface area contributed by atoms with Gasteiger partial charge < -0.3 is 20.3 Å². The standard InChI is InChI=1S/C21H34N3O5.Ta/c1-13(2)19(21(29)22-15(5)20(28)14(3)4)23-16(25)9-7-6-8-12-24-17(26)10-11-18(24)27;/h10,13-15,19H,6-9,11-12H2,1-5H3,(H,22,29)(H,23,25);/q-1;/t15-,19-;/m0./s1. The van der Waals surface area contributed by atoms with E-state index in [1.807, 2.05) is 13.8 Å². The van der Waals surface area contributed by atoms with E-state index in [2.05, 4.69) is 10.6 Å². The summed E-state index contributed by atoms with van der Waals surface area (Å²) in [6.45, 7) is 9.24. The predicted octanol–water partition coefficient (Wildman–Crippen LogP) is 1.38. The summed E-state index contributed by atoms with van der Waals surface area (Å²) in [5, 5.41) is 5.44. The summed E-state index contributed by atoms with van der Waals surface area (Å²) in [5.74, 6) is -1.38. The van der Waals surface area contributed by atoms with Gasteiger partial charge in [-0.1, -0.05) is 40.5 Å². The van der Waals surface area contributed by atoms with E-state index in [4.69, 9.17) is 0 Å². The summed E-state index contributed by atoms with van der Waals surface area (Å²) in [6, 6.07) is -1.31. The van der Waals surface area contributed by atoms with Gasteiger partial charge in [0.05, 0.1) is 11.9 Å². The summed E-state index contributed by atoms with van der Waals surface area (Å²) < 4.78 is 0. The van der Waals surface area contributed by atoms with Crippen LogP contribution in [0.4, 0.5) is 0 Å². The van der Waals surface area contributed by atoms with E-state index in [9.17, 15) is 24.0 Å². The maximum Gasteiger partial charge on any atom is 0.243 e. The molecule has 0 aromatic carbocycles. The van der Waals surface area contributed by atoms with Crippen molar-refractivity contribution in [2.24, 2.45) is 11.8 Å². The summed E-state index contributed by atoms with van der Waals surface area (Å²) >= 11 is 0. The normalized spacial score (nSPS) is 15.5. The number of hydrogen-bond acceptors (Lipinski definition) is 5. The molecule has 1 radical (unpaired) electrons. The molecule has 169 valence electrons. The Kier molecular flexibility index (Phi) is 12.9. The van der Waals surface area contributed by atoms with Gasteiger partial charge in [0.2, 0.25) is 11.8 Å². The monoisotopic (exact) mass is 589 g/mol. The minimum atomic E-state index is -0.708. The number of unbranched alkanes of at least 4 members (excludes halogenated alkanes) is 2. The zero-order chi connectivity index (χ0) is 22.1. The van der Waals surface area contributed by atoms with Crippen LogP contribution in [0.25, 0.3) is 0 Å². The van der Waals surface area contributed by atoms with Crippen LogP contribution in [-0.4, -0.2) is 52.9 Å². The number of nitrogens with zero attached hydrogens (tertiary/aromatic N) is 1. The maximum absolute atomic E-state index is 12.5. The van der Waals surface area contributed by atoms with Crippen LogP contribution in [0.2, 0.25) is 0 Å². The molecule has 1 saturated heterocycles. The summed E-state index contributed by atoms with van der Waals surface area (Å²) in [5.41, 5.74) is 0. The van der Waals surface area contributed by atoms with E-state index in [0.717, 1.165) is 0 Å². The van der Waals surface area contributed by atoms with E-state index >= 15 is 0 Å². The second kappa shape index (κ2) is 13.6. The number of rotatable bonds is 12. The Bertz CT molecular complexity index is 620. The number of ketones is 1. The van der Waals surface area contributed by atoms with Crippen molar-refractivity contribution in [1.82, 2.24) is 15.5 Å². The van der Waals surface area contributed by atoms with Crippen molar-refractivity contribution in [2.75, 3.05) is 6.54 Å². The molecule has 0 spiro atoms. The third kappa shape index (κ3) is 9.02. The Morgan fingerprint density at radius 3 is 2.13 bits per heavy atom. The molecule has 0 aromatic heterocycles. The van der Waals surface area contributed by atoms with Crippen LogP contribution in [0.3, 0.4) is 0 Å². The van der Waals surface area contributed by atoms with E-state index in [0.29, 0.717) is 25.8 Å². The number of hydrogen-bond donors (Lipinski definition) is 2. The minimum Gasteiger partial charge on any atom is -0.345 e. The van der Waals surface area contributed by atoms with Crippen LogP contribution in [-0.2, 0) is 46.4 Å². The molecule has 1 aliphatic heterocycles. The van der Waals surface area contributed by atoms with Crippen molar-refractivity contribution in [3.63, 3.8) is 0 Å². The SMILES string of the molecule is CC(C)C(=O)[C@H](C)NC(=O)[C@@H](NC(=O)CCCCCN1C(=O)[CH-]CC1=O)C(C)C.[Ta]. The first kappa shape index (κ1) is 28.4. The fraction of sp³-hybridized carbons (Fsp3) is 0.714. The number of Topliss-reactive ketones (excluding diaryl/α,β-unsaturated/α-hetero) is 1. The van der Waals surface area contributed by atoms with Crippen LogP contribution in [0.15, 0.2) is 0 Å². The molecule has 0 bridgehead atoms. The molecule has 0 saturated carbocycles. The maximum atomic E-state index is 12.5. The van der Waals surface area contributed by atoms with E-state index in [1.54, 1.807) is 20.8 Å². The molecule has 4 amide bonds. The van der Waals surface area contributed by atoms with Gasteiger partial charge in [-0.05, 0) is 25.7 Å². The van der Waals surface area contributed by atoms with Gasteiger partial charge in [0.25, 0.3) is 0 Å². The van der Waals surface area contributed by atoms with Crippen molar-refractivity contribution in [2.45, 2.75) is 78.8 Å². The number of nitrogens with one attached hydrogen (secondary N) is 2. The topological polar surface area (TPSA) is 113 Å². The van der Waals surface area contributed by atoms with Crippen LogP contribution in [0, 0.1) is 18.3 Å². The number of likely N-dealkylation sites (tertiary alicyclic amines) is 1. The van der Waals surface area contributed by atoms with Crippen LogP contribution in [0.5, 0.6) is 0 Å². The molecular formula is C21H34N3O5Ta-. The molecule has 2 atom stereocenters. The Hall–Kier alpha value is -1.64. The third-order valence-corrected chi connectivity index (χ3v) is 4.92. The molecule has 1 heterocycles. The van der Waals surface area contributed by atoms with Crippen LogP contribution >= 0.6 is 0 Å². The minimum absolute atomic E-state index is 0. The average molecular weight is 589 g/mol. The van der Waals surface area contributed by atoms with Gasteiger partial charge in [-0.25, -0.2) is 0 Å². The van der Waals surface area contributed by atoms with Gasteiger partial charge >= 0.3 is 0 Å². The van der Waals surface area contributed by atoms with E-state index < -0.39 is 12.1 Å². The van der Waals surface area contributed by atoms with Crippen LogP contribution < -0.4 is 10.6 Å². The molecule has 30 heavy (non-hydrogen) atoms. The number of imide groups is 1. The predicted molar refractivity (Wildman–Crippen MR) is 108 cm³/mol. The number of amides is 4. The Labute approximate surface area is 194 Å². The van der Waals surface area contributed by atoms with E-state index in [-0.39, 0.29) is 76.5 Å². The van der Waals surface area contributed by atoms with Crippen LogP contribution in [0.1, 0.15) is 66.7 Å². The van der Waals surface area contributed by atoms with Gasteiger partial charge in [0.15, 0.2) is 11.7 Å². The molecule has 1 aliphatic rings. The molecule has 8 nitrogen and oxygen atoms in total. The Morgan fingerprint density at radius 2 is 1.63 bits per heavy atom. The molecule has 0 aromatic rings. The van der Waals surface area contributed by atoms with Gasteiger partial charge in [-0.15, -0.1) is 0 Å². The van der Waals surface area contributed by atoms with Gasteiger partial charge in [-0.3, -0.25) is 25.6 Å². The first-order valence-electron chi connectivity index (χ1n) is 10.4. The number of carbonyl (C=O) groups excluding carboxylic acids is 5. The van der Waals surface area contributed by atoms with Crippen molar-refractivity contribution in [3.8, 4) is 0 Å². The molecule has 1 rings (SSSR count). The fourth-order valence-corrected chi connectivity index (χ4v) is 3.14. The third-order valence-electron chi connectivity index (χ3n) is 4.92. The van der Waals surface area contributed by atoms with Crippen molar-refractivity contribution in [1.29, 1.82) is 0 Å². The van der Waals surface area contributed by atoms with Crippen molar-refractivity contribution < 1.29 is 46.4 Å². The zero-order valence-electron chi connectivity index (χ0n) is 18.6. The van der Waals surface area contributed by atoms with Gasteiger partial charge in [-0.2, -0.15) is 0 Å². The molecule has 1 fully saturated rings. The quantitative estimate of drug-likeness (QED) is 0.203. The first-order valence-corrected chi connectivity index (χ1v) is 10.4. The Morgan fingerprint density at radius 1 is 1.00 bits per heavy atom. The zero-order valence-corrected chi connectivity index (χ0v) is 21.8. The largest absolute Gasteiger partial charge is 0.345 e. The smallest absolute Gasteiger partial charge is 0.243 e. The summed E-state index contributed by atoms with van der Waals surface area (Å²) in [7, 11) is 0. The summed E-state index contributed by atoms with van der Waals surface area (Å²) in [4.78, 5) is 60.9. The van der Waals surface area contributed by atoms with Gasteiger partial charge in [0, 0.05) is 41.3 Å². The van der Waals surface area contributed by atoms with Crippen molar-refractivity contribution in [3.05, 3.63) is 6.42 Å². The molecular weight excluding hydrogens is 555 g/mol. The summed E-state index contributed by atoms with van der Waals surface area (Å²) in [6.07, 6.45) is 3.74. The Balaban J connectivity index is 0.00000841. The molecule has 9 heteroatoms. The number of carbonyl (C=O) groups is 5. The second-order valence-electron chi connectivity index (χ2n) is 8.18. The second-order valence-corrected chi connectivity index (χ2v) is 8.18. The molecule has 0 aliphatic carbocycles. The average Bonchev–Trinajstić information content (AvgIpc) is 2.96. The van der Waals surface area contributed by atoms with E-state index in [1.165, 1.54) is 11.3 Å². The van der Waals surface area contributed by atoms with Crippen molar-refractivity contribution >= 4 is 29.4 Å². The molecule has 2 N–H and O–H groups in total.